The van der Waals surface area contributed by atoms with Crippen LogP contribution in [0.4, 0.5) is 5.00 Å². The summed E-state index contributed by atoms with van der Waals surface area (Å²) in [6.45, 7) is 3.67. The van der Waals surface area contributed by atoms with E-state index in [-0.39, 0.29) is 10.9 Å². The SMILES string of the molecule is COC(=O)c1c(NC(=O)C(C)Sc2c([O-])on[n+]2-c2ccc(C)cc2)sc2c1CCCCCC2. The number of thiophene rings is 1. The van der Waals surface area contributed by atoms with E-state index < -0.39 is 17.2 Å². The molecule has 180 valence electrons. The number of benzene rings is 1. The Bertz CT molecular complexity index is 1190. The molecule has 34 heavy (non-hydrogen) atoms. The van der Waals surface area contributed by atoms with Gasteiger partial charge >= 0.3 is 5.97 Å². The molecule has 0 radical (unpaired) electrons. The van der Waals surface area contributed by atoms with Gasteiger partial charge in [-0.25, -0.2) is 4.79 Å². The Morgan fingerprint density at radius 1 is 1.21 bits per heavy atom. The fourth-order valence-electron chi connectivity index (χ4n) is 3.95. The third-order valence-electron chi connectivity index (χ3n) is 5.81. The van der Waals surface area contributed by atoms with Crippen molar-refractivity contribution in [2.75, 3.05) is 12.4 Å². The molecule has 1 amide bonds. The van der Waals surface area contributed by atoms with E-state index >= 15 is 0 Å². The second kappa shape index (κ2) is 10.6. The number of methoxy groups -OCH3 is 1. The van der Waals surface area contributed by atoms with E-state index in [0.29, 0.717) is 16.3 Å². The minimum Gasteiger partial charge on any atom is -0.538 e. The van der Waals surface area contributed by atoms with Crippen LogP contribution >= 0.6 is 23.1 Å². The number of nitrogens with one attached hydrogen (secondary N) is 1. The van der Waals surface area contributed by atoms with E-state index in [4.69, 9.17) is 9.26 Å². The van der Waals surface area contributed by atoms with Gasteiger partial charge < -0.3 is 19.7 Å². The van der Waals surface area contributed by atoms with E-state index in [0.717, 1.165) is 66.3 Å². The van der Waals surface area contributed by atoms with Crippen LogP contribution in [0.3, 0.4) is 0 Å². The summed E-state index contributed by atoms with van der Waals surface area (Å²) in [7, 11) is 1.35. The summed E-state index contributed by atoms with van der Waals surface area (Å²) in [5, 5.41) is 19.1. The first kappa shape index (κ1) is 24.3. The Kier molecular flexibility index (Phi) is 7.57. The molecule has 0 saturated heterocycles. The molecule has 0 fully saturated rings. The van der Waals surface area contributed by atoms with E-state index in [2.05, 4.69) is 10.6 Å². The predicted molar refractivity (Wildman–Crippen MR) is 128 cm³/mol. The largest absolute Gasteiger partial charge is 0.538 e. The highest BCUT2D eigenvalue weighted by molar-refractivity contribution is 8.00. The maximum Gasteiger partial charge on any atom is 0.341 e. The summed E-state index contributed by atoms with van der Waals surface area (Å²) in [5.74, 6) is -1.37. The lowest BCUT2D eigenvalue weighted by Gasteiger charge is -2.12. The smallest absolute Gasteiger partial charge is 0.341 e. The Morgan fingerprint density at radius 3 is 2.62 bits per heavy atom. The third kappa shape index (κ3) is 5.12. The number of ether oxygens (including phenoxy) is 1. The molecular formula is C24H27N3O5S2. The molecule has 0 saturated carbocycles. The van der Waals surface area contributed by atoms with Crippen LogP contribution in [0.15, 0.2) is 33.8 Å². The van der Waals surface area contributed by atoms with Crippen LogP contribution in [0, 0.1) is 6.92 Å². The molecule has 0 bridgehead atoms. The summed E-state index contributed by atoms with van der Waals surface area (Å²) in [5.41, 5.74) is 3.19. The van der Waals surface area contributed by atoms with E-state index in [1.807, 2.05) is 31.2 Å². The van der Waals surface area contributed by atoms with Crippen molar-refractivity contribution in [2.45, 2.75) is 62.6 Å². The van der Waals surface area contributed by atoms with E-state index in [1.165, 1.54) is 23.1 Å². The topological polar surface area (TPSA) is 108 Å². The van der Waals surface area contributed by atoms with Crippen molar-refractivity contribution in [3.8, 4) is 11.6 Å². The number of anilines is 1. The molecule has 10 heteroatoms. The van der Waals surface area contributed by atoms with Crippen molar-refractivity contribution in [1.29, 1.82) is 0 Å². The molecule has 1 atom stereocenters. The number of hydrogen-bond donors (Lipinski definition) is 1. The van der Waals surface area contributed by atoms with Crippen molar-refractivity contribution in [3.05, 3.63) is 45.8 Å². The number of thioether (sulfide) groups is 1. The molecule has 8 nitrogen and oxygen atoms in total. The van der Waals surface area contributed by atoms with Crippen LogP contribution in [-0.2, 0) is 22.4 Å². The van der Waals surface area contributed by atoms with Gasteiger partial charge in [-0.05, 0) is 61.5 Å². The maximum atomic E-state index is 13.1. The van der Waals surface area contributed by atoms with Gasteiger partial charge in [0.2, 0.25) is 11.6 Å². The predicted octanol–water partition coefficient (Wildman–Crippen LogP) is 3.96. The molecule has 1 aliphatic rings. The number of nitrogens with zero attached hydrogens (tertiary/aromatic N) is 2. The molecule has 3 aromatic rings. The second-order valence-corrected chi connectivity index (χ2v) is 10.7. The number of fused-ring (bicyclic) bond motifs is 1. The zero-order chi connectivity index (χ0) is 24.2. The minimum atomic E-state index is -0.640. The number of aromatic nitrogens is 2. The average molecular weight is 502 g/mol. The van der Waals surface area contributed by atoms with Gasteiger partial charge in [0.25, 0.3) is 5.03 Å². The molecule has 0 spiro atoms. The fourth-order valence-corrected chi connectivity index (χ4v) is 6.10. The Balaban J connectivity index is 1.56. The van der Waals surface area contributed by atoms with Gasteiger partial charge in [-0.1, -0.05) is 30.5 Å². The van der Waals surface area contributed by atoms with Crippen LogP contribution in [0.2, 0.25) is 0 Å². The van der Waals surface area contributed by atoms with E-state index in [1.54, 1.807) is 6.92 Å². The average Bonchev–Trinajstić information content (AvgIpc) is 3.33. The Labute approximate surface area is 206 Å². The third-order valence-corrected chi connectivity index (χ3v) is 8.14. The molecule has 2 heterocycles. The van der Waals surface area contributed by atoms with Gasteiger partial charge in [0.05, 0.1) is 23.2 Å². The molecule has 4 rings (SSSR count). The van der Waals surface area contributed by atoms with Gasteiger partial charge in [-0.3, -0.25) is 4.79 Å². The molecule has 1 aliphatic carbocycles. The molecular weight excluding hydrogens is 474 g/mol. The fraction of sp³-hybridized carbons (Fsp3) is 0.417. The molecule has 1 unspecified atom stereocenters. The lowest BCUT2D eigenvalue weighted by Crippen LogP contribution is -2.36. The number of rotatable bonds is 6. The summed E-state index contributed by atoms with van der Waals surface area (Å²) < 4.78 is 11.3. The van der Waals surface area contributed by atoms with E-state index in [9.17, 15) is 14.7 Å². The summed E-state index contributed by atoms with van der Waals surface area (Å²) in [6.07, 6.45) is 6.05. The van der Waals surface area contributed by atoms with Crippen molar-refractivity contribution in [2.24, 2.45) is 0 Å². The second-order valence-electron chi connectivity index (χ2n) is 8.28. The van der Waals surface area contributed by atoms with Crippen LogP contribution in [0.25, 0.3) is 5.69 Å². The van der Waals surface area contributed by atoms with Gasteiger partial charge in [-0.15, -0.1) is 11.3 Å². The summed E-state index contributed by atoms with van der Waals surface area (Å²) in [4.78, 5) is 26.9. The highest BCUT2D eigenvalue weighted by atomic mass is 32.2. The lowest BCUT2D eigenvalue weighted by atomic mass is 9.96. The van der Waals surface area contributed by atoms with Crippen LogP contribution < -0.4 is 15.1 Å². The monoisotopic (exact) mass is 501 g/mol. The highest BCUT2D eigenvalue weighted by Crippen LogP contribution is 2.38. The summed E-state index contributed by atoms with van der Waals surface area (Å²) >= 11 is 2.51. The zero-order valence-corrected chi connectivity index (χ0v) is 21.0. The number of amides is 1. The Hall–Kier alpha value is -2.85. The first-order valence-corrected chi connectivity index (χ1v) is 12.9. The first-order chi connectivity index (χ1) is 16.4. The van der Waals surface area contributed by atoms with Crippen molar-refractivity contribution in [1.82, 2.24) is 5.27 Å². The van der Waals surface area contributed by atoms with Crippen molar-refractivity contribution in [3.63, 3.8) is 0 Å². The van der Waals surface area contributed by atoms with Crippen molar-refractivity contribution >= 4 is 40.0 Å². The van der Waals surface area contributed by atoms with Gasteiger partial charge in [-0.2, -0.15) is 0 Å². The van der Waals surface area contributed by atoms with Crippen molar-refractivity contribution < 1.29 is 28.6 Å². The molecule has 0 aliphatic heterocycles. The summed E-state index contributed by atoms with van der Waals surface area (Å²) in [6, 6.07) is 7.47. The number of aryl methyl sites for hydroxylation is 2. The number of esters is 1. The normalized spacial score (nSPS) is 14.6. The quantitative estimate of drug-likeness (QED) is 0.309. The minimum absolute atomic E-state index is 0.207. The van der Waals surface area contributed by atoms with Crippen LogP contribution in [-0.4, -0.2) is 29.5 Å². The highest BCUT2D eigenvalue weighted by Gasteiger charge is 2.30. The number of carbonyl (C=O) groups is 2. The lowest BCUT2D eigenvalue weighted by molar-refractivity contribution is -0.705. The number of carbonyl (C=O) groups excluding carboxylic acids is 2. The van der Waals surface area contributed by atoms with Gasteiger partial charge in [0, 0.05) is 17.0 Å². The maximum absolute atomic E-state index is 13.1. The number of hydrogen-bond acceptors (Lipinski definition) is 8. The van der Waals surface area contributed by atoms with Crippen LogP contribution in [0.5, 0.6) is 5.95 Å². The van der Waals surface area contributed by atoms with Gasteiger partial charge in [0.15, 0.2) is 5.95 Å². The Morgan fingerprint density at radius 2 is 1.91 bits per heavy atom. The van der Waals surface area contributed by atoms with Gasteiger partial charge in [0.1, 0.15) is 5.00 Å². The molecule has 1 N–H and O–H groups in total. The standard InChI is InChI=1S/C24H27N3O5S2/c1-14-10-12-16(13-11-14)27-22(24(30)32-26-27)33-15(2)20(28)25-21-19(23(29)31-3)17-8-6-4-5-7-9-18(17)34-21/h10-13,15H,4-9H2,1-3H3,(H-,25,26,28,29,30). The molecule has 2 aromatic heterocycles. The zero-order valence-electron chi connectivity index (χ0n) is 19.4. The first-order valence-electron chi connectivity index (χ1n) is 11.3. The molecule has 1 aromatic carbocycles. The van der Waals surface area contributed by atoms with Crippen LogP contribution in [0.1, 0.15) is 59.0 Å².